The van der Waals surface area contributed by atoms with Crippen molar-refractivity contribution in [3.05, 3.63) is 12.7 Å². The third-order valence-electron chi connectivity index (χ3n) is 5.94. The number of hydrogen-bond donors (Lipinski definition) is 0. The molecule has 1 nitrogen and oxygen atoms in total. The molecule has 2 saturated carbocycles. The van der Waals surface area contributed by atoms with Gasteiger partial charge in [0, 0.05) is 6.42 Å². The predicted octanol–water partition coefficient (Wildman–Crippen LogP) is 6.58. The zero-order chi connectivity index (χ0) is 16.7. The first-order valence-corrected chi connectivity index (χ1v) is 9.61. The maximum atomic E-state index is 14.1. The molecule has 0 radical (unpaired) electrons. The molecule has 0 aromatic rings. The molecule has 0 aromatic carbocycles. The highest BCUT2D eigenvalue weighted by molar-refractivity contribution is 4.78. The molecule has 2 rings (SSSR count). The first-order chi connectivity index (χ1) is 11.0. The Bertz CT molecular complexity index is 340. The lowest BCUT2D eigenvalue weighted by molar-refractivity contribution is -0.256. The van der Waals surface area contributed by atoms with Crippen LogP contribution in [-0.4, -0.2) is 12.7 Å². The first-order valence-electron chi connectivity index (χ1n) is 9.61. The molecule has 23 heavy (non-hydrogen) atoms. The van der Waals surface area contributed by atoms with Crippen LogP contribution in [-0.2, 0) is 4.74 Å². The summed E-state index contributed by atoms with van der Waals surface area (Å²) in [6.45, 7) is 6.25. The molecule has 0 unspecified atom stereocenters. The molecule has 0 saturated heterocycles. The number of alkyl halides is 2. The highest BCUT2D eigenvalue weighted by Gasteiger charge is 2.36. The highest BCUT2D eigenvalue weighted by atomic mass is 19.3. The van der Waals surface area contributed by atoms with E-state index in [0.717, 1.165) is 63.7 Å². The van der Waals surface area contributed by atoms with Gasteiger partial charge in [0.15, 0.2) is 0 Å². The van der Waals surface area contributed by atoms with Crippen LogP contribution in [0.25, 0.3) is 0 Å². The fourth-order valence-corrected chi connectivity index (χ4v) is 4.21. The van der Waals surface area contributed by atoms with Crippen molar-refractivity contribution in [2.45, 2.75) is 83.7 Å². The van der Waals surface area contributed by atoms with E-state index in [1.165, 1.54) is 6.42 Å². The molecule has 0 heterocycles. The van der Waals surface area contributed by atoms with Crippen LogP contribution in [0.2, 0.25) is 0 Å². The fraction of sp³-hybridized carbons (Fsp3) is 0.900. The van der Waals surface area contributed by atoms with Gasteiger partial charge in [-0.15, -0.1) is 6.58 Å². The Balaban J connectivity index is 1.64. The van der Waals surface area contributed by atoms with Crippen molar-refractivity contribution in [3.8, 4) is 0 Å². The van der Waals surface area contributed by atoms with Crippen molar-refractivity contribution in [2.75, 3.05) is 6.61 Å². The van der Waals surface area contributed by atoms with Crippen LogP contribution in [0.3, 0.4) is 0 Å². The minimum absolute atomic E-state index is 0.0791. The van der Waals surface area contributed by atoms with Crippen molar-refractivity contribution in [1.29, 1.82) is 0 Å². The Morgan fingerprint density at radius 1 is 0.957 bits per heavy atom. The van der Waals surface area contributed by atoms with Gasteiger partial charge in [0.1, 0.15) is 0 Å². The Labute approximate surface area is 140 Å². The highest BCUT2D eigenvalue weighted by Crippen LogP contribution is 2.38. The summed E-state index contributed by atoms with van der Waals surface area (Å²) < 4.78 is 33.3. The van der Waals surface area contributed by atoms with Crippen LogP contribution >= 0.6 is 0 Å². The molecule has 0 spiro atoms. The monoisotopic (exact) mass is 328 g/mol. The standard InChI is InChI=1S/C20H34F2O/c1-3-4-5-17-10-12-18(13-11-17)14-20(21,22)23-15-19-8-6-16(2)7-9-19/h3,16-19H,1,4-15H2,2H3. The molecule has 0 amide bonds. The van der Waals surface area contributed by atoms with Gasteiger partial charge >= 0.3 is 6.11 Å². The smallest absolute Gasteiger partial charge is 0.320 e. The molecular formula is C20H34F2O. The van der Waals surface area contributed by atoms with Gasteiger partial charge in [-0.05, 0) is 62.2 Å². The zero-order valence-electron chi connectivity index (χ0n) is 14.7. The molecule has 0 aliphatic heterocycles. The molecule has 2 aliphatic carbocycles. The van der Waals surface area contributed by atoms with Crippen molar-refractivity contribution >= 4 is 0 Å². The van der Waals surface area contributed by atoms with Crippen molar-refractivity contribution < 1.29 is 13.5 Å². The van der Waals surface area contributed by atoms with Crippen LogP contribution in [0.4, 0.5) is 8.78 Å². The van der Waals surface area contributed by atoms with Gasteiger partial charge in [0.2, 0.25) is 0 Å². The Kier molecular flexibility index (Phi) is 7.52. The summed E-state index contributed by atoms with van der Waals surface area (Å²) in [5, 5.41) is 0. The van der Waals surface area contributed by atoms with Crippen LogP contribution in [0, 0.1) is 23.7 Å². The van der Waals surface area contributed by atoms with E-state index in [1.807, 2.05) is 6.08 Å². The molecule has 2 aliphatic rings. The van der Waals surface area contributed by atoms with Crippen LogP contribution in [0.5, 0.6) is 0 Å². The first kappa shape index (κ1) is 18.9. The maximum absolute atomic E-state index is 14.1. The molecule has 3 heteroatoms. The summed E-state index contributed by atoms with van der Waals surface area (Å²) in [6, 6.07) is 0. The molecular weight excluding hydrogens is 294 g/mol. The second-order valence-corrected chi connectivity index (χ2v) is 8.03. The van der Waals surface area contributed by atoms with E-state index in [0.29, 0.717) is 11.8 Å². The van der Waals surface area contributed by atoms with Gasteiger partial charge in [-0.3, -0.25) is 0 Å². The predicted molar refractivity (Wildman–Crippen MR) is 91.5 cm³/mol. The summed E-state index contributed by atoms with van der Waals surface area (Å²) in [5.41, 5.74) is 0. The average molecular weight is 328 g/mol. The summed E-state index contributed by atoms with van der Waals surface area (Å²) in [6.07, 6.45) is 9.64. The van der Waals surface area contributed by atoms with Crippen molar-refractivity contribution in [3.63, 3.8) is 0 Å². The largest absolute Gasteiger partial charge is 0.356 e. The van der Waals surface area contributed by atoms with Crippen LogP contribution in [0.15, 0.2) is 12.7 Å². The summed E-state index contributed by atoms with van der Waals surface area (Å²) in [4.78, 5) is 0. The van der Waals surface area contributed by atoms with E-state index in [4.69, 9.17) is 4.74 Å². The van der Waals surface area contributed by atoms with E-state index in [-0.39, 0.29) is 18.9 Å². The average Bonchev–Trinajstić information content (AvgIpc) is 2.53. The zero-order valence-corrected chi connectivity index (χ0v) is 14.7. The number of allylic oxidation sites excluding steroid dienone is 1. The molecule has 2 fully saturated rings. The van der Waals surface area contributed by atoms with Gasteiger partial charge in [-0.2, -0.15) is 8.78 Å². The minimum Gasteiger partial charge on any atom is -0.320 e. The summed E-state index contributed by atoms with van der Waals surface area (Å²) >= 11 is 0. The van der Waals surface area contributed by atoms with E-state index < -0.39 is 6.11 Å². The van der Waals surface area contributed by atoms with Gasteiger partial charge in [-0.25, -0.2) is 0 Å². The number of hydrogen-bond acceptors (Lipinski definition) is 1. The van der Waals surface area contributed by atoms with Crippen LogP contribution < -0.4 is 0 Å². The Morgan fingerprint density at radius 2 is 1.52 bits per heavy atom. The maximum Gasteiger partial charge on any atom is 0.356 e. The van der Waals surface area contributed by atoms with Gasteiger partial charge in [-0.1, -0.05) is 38.7 Å². The van der Waals surface area contributed by atoms with Crippen molar-refractivity contribution in [2.24, 2.45) is 23.7 Å². The normalized spacial score (nSPS) is 32.7. The topological polar surface area (TPSA) is 9.23 Å². The second-order valence-electron chi connectivity index (χ2n) is 8.03. The lowest BCUT2D eigenvalue weighted by atomic mass is 9.78. The van der Waals surface area contributed by atoms with E-state index >= 15 is 0 Å². The molecule has 0 bridgehead atoms. The third-order valence-corrected chi connectivity index (χ3v) is 5.94. The number of halogens is 2. The Hall–Kier alpha value is -0.440. The Morgan fingerprint density at radius 3 is 2.13 bits per heavy atom. The van der Waals surface area contributed by atoms with Crippen molar-refractivity contribution in [1.82, 2.24) is 0 Å². The summed E-state index contributed by atoms with van der Waals surface area (Å²) in [5.74, 6) is 1.94. The van der Waals surface area contributed by atoms with Gasteiger partial charge in [0.05, 0.1) is 6.61 Å². The van der Waals surface area contributed by atoms with Crippen LogP contribution in [0.1, 0.15) is 77.6 Å². The SMILES string of the molecule is C=CCCC1CCC(CC(F)(F)OCC2CCC(C)CC2)CC1. The lowest BCUT2D eigenvalue weighted by Gasteiger charge is -2.32. The lowest BCUT2D eigenvalue weighted by Crippen LogP contribution is -2.30. The van der Waals surface area contributed by atoms with Gasteiger partial charge < -0.3 is 4.74 Å². The molecule has 0 aromatic heterocycles. The van der Waals surface area contributed by atoms with E-state index in [1.54, 1.807) is 0 Å². The van der Waals surface area contributed by atoms with E-state index in [9.17, 15) is 8.78 Å². The second kappa shape index (κ2) is 9.15. The molecule has 0 atom stereocenters. The number of ether oxygens (including phenoxy) is 1. The van der Waals surface area contributed by atoms with E-state index in [2.05, 4.69) is 13.5 Å². The minimum atomic E-state index is -2.93. The quantitative estimate of drug-likeness (QED) is 0.457. The fourth-order valence-electron chi connectivity index (χ4n) is 4.21. The summed E-state index contributed by atoms with van der Waals surface area (Å²) in [7, 11) is 0. The molecule has 134 valence electrons. The number of rotatable bonds is 8. The van der Waals surface area contributed by atoms with Gasteiger partial charge in [0.25, 0.3) is 0 Å². The molecule has 0 N–H and O–H groups in total. The third kappa shape index (κ3) is 6.91.